The minimum atomic E-state index is -0.568. The molecule has 190 valence electrons. The van der Waals surface area contributed by atoms with Crippen LogP contribution in [0, 0.1) is 10.1 Å². The van der Waals surface area contributed by atoms with Crippen molar-refractivity contribution >= 4 is 23.2 Å². The van der Waals surface area contributed by atoms with E-state index >= 15 is 0 Å². The van der Waals surface area contributed by atoms with Crippen molar-refractivity contribution in [1.29, 1.82) is 0 Å². The number of ether oxygens (including phenoxy) is 1. The van der Waals surface area contributed by atoms with Crippen LogP contribution in [-0.4, -0.2) is 65.9 Å². The summed E-state index contributed by atoms with van der Waals surface area (Å²) < 4.78 is 5.28. The van der Waals surface area contributed by atoms with E-state index < -0.39 is 11.0 Å². The first-order valence-electron chi connectivity index (χ1n) is 12.2. The number of rotatable bonds is 7. The van der Waals surface area contributed by atoms with Crippen LogP contribution in [0.1, 0.15) is 23.6 Å². The number of nitrogens with zero attached hydrogens (tertiary/aromatic N) is 4. The molecule has 1 unspecified atom stereocenters. The van der Waals surface area contributed by atoms with Crippen molar-refractivity contribution in [2.75, 3.05) is 38.2 Å². The van der Waals surface area contributed by atoms with Crippen LogP contribution in [0.25, 0.3) is 0 Å². The molecule has 2 amide bonds. The summed E-state index contributed by atoms with van der Waals surface area (Å²) in [6.07, 6.45) is 0.0692. The maximum atomic E-state index is 13.4. The Bertz CT molecular complexity index is 1250. The number of nitro groups is 1. The summed E-state index contributed by atoms with van der Waals surface area (Å²) in [6, 6.07) is 24.2. The van der Waals surface area contributed by atoms with Crippen LogP contribution in [0.3, 0.4) is 0 Å². The van der Waals surface area contributed by atoms with Crippen molar-refractivity contribution < 1.29 is 19.2 Å². The van der Waals surface area contributed by atoms with E-state index in [4.69, 9.17) is 4.74 Å². The number of hydrogen-bond donors (Lipinski definition) is 0. The zero-order valence-corrected chi connectivity index (χ0v) is 20.5. The molecule has 2 aliphatic heterocycles. The van der Waals surface area contributed by atoms with E-state index in [0.29, 0.717) is 13.1 Å². The predicted molar refractivity (Wildman–Crippen MR) is 138 cm³/mol. The number of nitro benzene ring substituents is 1. The van der Waals surface area contributed by atoms with Crippen molar-refractivity contribution in [3.63, 3.8) is 0 Å². The normalized spacial score (nSPS) is 19.0. The van der Waals surface area contributed by atoms with Gasteiger partial charge in [0.1, 0.15) is 5.75 Å². The van der Waals surface area contributed by atoms with E-state index in [2.05, 4.69) is 34.1 Å². The lowest BCUT2D eigenvalue weighted by atomic mass is 9.96. The average Bonchev–Trinajstić information content (AvgIpc) is 3.23. The van der Waals surface area contributed by atoms with Crippen LogP contribution in [0.2, 0.25) is 0 Å². The van der Waals surface area contributed by atoms with E-state index in [9.17, 15) is 19.7 Å². The lowest BCUT2D eigenvalue weighted by molar-refractivity contribution is -0.384. The second kappa shape index (κ2) is 10.5. The summed E-state index contributed by atoms with van der Waals surface area (Å²) in [5, 5.41) is 11.1. The molecule has 1 atom stereocenters. The smallest absolute Gasteiger partial charge is 0.273 e. The Hall–Kier alpha value is -4.08. The second-order valence-electron chi connectivity index (χ2n) is 9.20. The van der Waals surface area contributed by atoms with Crippen molar-refractivity contribution in [2.45, 2.75) is 18.5 Å². The maximum Gasteiger partial charge on any atom is 0.273 e. The fourth-order valence-corrected chi connectivity index (χ4v) is 5.31. The highest BCUT2D eigenvalue weighted by Crippen LogP contribution is 2.36. The summed E-state index contributed by atoms with van der Waals surface area (Å²) in [4.78, 5) is 42.6. The lowest BCUT2D eigenvalue weighted by Gasteiger charge is -2.41. The molecule has 5 rings (SSSR count). The molecule has 2 saturated heterocycles. The maximum absolute atomic E-state index is 13.4. The Balaban J connectivity index is 1.32. The number of carbonyl (C=O) groups excluding carboxylic acids is 2. The molecule has 0 aromatic heterocycles. The van der Waals surface area contributed by atoms with Crippen molar-refractivity contribution in [1.82, 2.24) is 9.80 Å². The van der Waals surface area contributed by atoms with Crippen LogP contribution >= 0.6 is 0 Å². The van der Waals surface area contributed by atoms with Gasteiger partial charge >= 0.3 is 0 Å². The number of hydrogen-bond acceptors (Lipinski definition) is 7. The highest BCUT2D eigenvalue weighted by molar-refractivity contribution is 6.23. The Labute approximate surface area is 215 Å². The van der Waals surface area contributed by atoms with Gasteiger partial charge in [-0.05, 0) is 17.2 Å². The topological polar surface area (TPSA) is 96.2 Å². The molecule has 0 radical (unpaired) electrons. The fourth-order valence-electron chi connectivity index (χ4n) is 5.31. The zero-order chi connectivity index (χ0) is 25.9. The standard InChI is InChI=1S/C28H28N4O5/c1-37-25-18-22(32(35)36)12-13-23(25)31-26(33)19-24(28(31)34)29-14-16-30(17-15-29)27(20-8-4-2-5-9-20)21-10-6-3-7-11-21/h2-13,18,24,27H,14-17,19H2,1H3. The van der Waals surface area contributed by atoms with E-state index in [-0.39, 0.29) is 41.4 Å². The number of methoxy groups -OCH3 is 1. The molecule has 0 N–H and O–H groups in total. The van der Waals surface area contributed by atoms with Crippen LogP contribution in [0.15, 0.2) is 78.9 Å². The van der Waals surface area contributed by atoms with Crippen LogP contribution < -0.4 is 9.64 Å². The molecule has 9 nitrogen and oxygen atoms in total. The summed E-state index contributed by atoms with van der Waals surface area (Å²) in [7, 11) is 1.36. The van der Waals surface area contributed by atoms with Gasteiger partial charge in [-0.25, -0.2) is 4.90 Å². The van der Waals surface area contributed by atoms with Crippen molar-refractivity contribution in [2.24, 2.45) is 0 Å². The molecular formula is C28H28N4O5. The van der Waals surface area contributed by atoms with E-state index in [1.54, 1.807) is 0 Å². The number of amides is 2. The Morgan fingerprint density at radius 1 is 0.892 bits per heavy atom. The molecule has 37 heavy (non-hydrogen) atoms. The van der Waals surface area contributed by atoms with Crippen molar-refractivity contribution in [3.05, 3.63) is 100 Å². The lowest BCUT2D eigenvalue weighted by Crippen LogP contribution is -2.53. The van der Waals surface area contributed by atoms with Gasteiger partial charge in [0.15, 0.2) is 0 Å². The second-order valence-corrected chi connectivity index (χ2v) is 9.20. The average molecular weight is 501 g/mol. The Morgan fingerprint density at radius 2 is 1.49 bits per heavy atom. The molecule has 0 saturated carbocycles. The van der Waals surface area contributed by atoms with Crippen molar-refractivity contribution in [3.8, 4) is 5.75 Å². The van der Waals surface area contributed by atoms with Gasteiger partial charge in [-0.2, -0.15) is 0 Å². The highest BCUT2D eigenvalue weighted by atomic mass is 16.6. The molecule has 0 spiro atoms. The first-order chi connectivity index (χ1) is 18.0. The largest absolute Gasteiger partial charge is 0.494 e. The fraction of sp³-hybridized carbons (Fsp3) is 0.286. The minimum absolute atomic E-state index is 0.0692. The van der Waals surface area contributed by atoms with Gasteiger partial charge in [0.05, 0.1) is 42.3 Å². The molecule has 2 heterocycles. The number of anilines is 1. The van der Waals surface area contributed by atoms with Gasteiger partial charge < -0.3 is 4.74 Å². The Kier molecular flexibility index (Phi) is 6.98. The highest BCUT2D eigenvalue weighted by Gasteiger charge is 2.44. The third kappa shape index (κ3) is 4.83. The summed E-state index contributed by atoms with van der Waals surface area (Å²) in [5.74, 6) is -0.542. The van der Waals surface area contributed by atoms with Gasteiger partial charge in [-0.15, -0.1) is 0 Å². The monoisotopic (exact) mass is 500 g/mol. The van der Waals surface area contributed by atoms with E-state index in [1.165, 1.54) is 36.4 Å². The molecule has 2 fully saturated rings. The van der Waals surface area contributed by atoms with E-state index in [0.717, 1.165) is 18.0 Å². The van der Waals surface area contributed by atoms with Crippen LogP contribution in [0.4, 0.5) is 11.4 Å². The number of benzene rings is 3. The molecule has 3 aromatic rings. The number of non-ortho nitro benzene ring substituents is 1. The Morgan fingerprint density at radius 3 is 2.03 bits per heavy atom. The SMILES string of the molecule is COc1cc([N+](=O)[O-])ccc1N1C(=O)CC(N2CCN(C(c3ccccc3)c3ccccc3)CC2)C1=O. The molecule has 0 bridgehead atoms. The van der Waals surface area contributed by atoms with Crippen LogP contribution in [-0.2, 0) is 9.59 Å². The summed E-state index contributed by atoms with van der Waals surface area (Å²) in [5.41, 5.74) is 2.49. The summed E-state index contributed by atoms with van der Waals surface area (Å²) in [6.45, 7) is 2.77. The predicted octanol–water partition coefficient (Wildman–Crippen LogP) is 3.64. The quantitative estimate of drug-likeness (QED) is 0.278. The van der Waals surface area contributed by atoms with Gasteiger partial charge in [0.25, 0.3) is 11.6 Å². The zero-order valence-electron chi connectivity index (χ0n) is 20.5. The number of carbonyl (C=O) groups is 2. The first kappa shape index (κ1) is 24.6. The molecular weight excluding hydrogens is 472 g/mol. The molecule has 2 aliphatic rings. The first-order valence-corrected chi connectivity index (χ1v) is 12.2. The molecule has 9 heteroatoms. The van der Waals surface area contributed by atoms with Gasteiger partial charge in [0.2, 0.25) is 5.91 Å². The third-order valence-electron chi connectivity index (χ3n) is 7.12. The van der Waals surface area contributed by atoms with Crippen LogP contribution in [0.5, 0.6) is 5.75 Å². The number of piperazine rings is 1. The molecule has 0 aliphatic carbocycles. The minimum Gasteiger partial charge on any atom is -0.494 e. The van der Waals surface area contributed by atoms with Gasteiger partial charge in [-0.1, -0.05) is 60.7 Å². The molecule has 3 aromatic carbocycles. The van der Waals surface area contributed by atoms with Gasteiger partial charge in [-0.3, -0.25) is 29.5 Å². The third-order valence-corrected chi connectivity index (χ3v) is 7.12. The number of imide groups is 1. The van der Waals surface area contributed by atoms with Gasteiger partial charge in [0, 0.05) is 32.2 Å². The summed E-state index contributed by atoms with van der Waals surface area (Å²) >= 11 is 0. The van der Waals surface area contributed by atoms with E-state index in [1.807, 2.05) is 36.4 Å².